The SMILES string of the molecule is COc1ccc(Cc2nnc(CNC(C)C)s2)cc1. The zero-order chi connectivity index (χ0) is 13.7. The highest BCUT2D eigenvalue weighted by molar-refractivity contribution is 7.11. The lowest BCUT2D eigenvalue weighted by atomic mass is 10.1. The molecule has 102 valence electrons. The first kappa shape index (κ1) is 14.0. The Morgan fingerprint density at radius 3 is 2.47 bits per heavy atom. The van der Waals surface area contributed by atoms with Crippen LogP contribution in [0.5, 0.6) is 5.75 Å². The van der Waals surface area contributed by atoms with Gasteiger partial charge < -0.3 is 10.1 Å². The molecule has 0 aliphatic carbocycles. The molecule has 0 aliphatic rings. The number of nitrogens with zero attached hydrogens (tertiary/aromatic N) is 2. The minimum absolute atomic E-state index is 0.467. The van der Waals surface area contributed by atoms with Gasteiger partial charge in [-0.1, -0.05) is 37.3 Å². The molecule has 1 aromatic heterocycles. The van der Waals surface area contributed by atoms with Gasteiger partial charge in [0, 0.05) is 19.0 Å². The zero-order valence-corrected chi connectivity index (χ0v) is 12.3. The Hall–Kier alpha value is -1.46. The van der Waals surface area contributed by atoms with Crippen molar-refractivity contribution in [2.75, 3.05) is 7.11 Å². The van der Waals surface area contributed by atoms with E-state index in [2.05, 4.69) is 41.5 Å². The van der Waals surface area contributed by atoms with Gasteiger partial charge in [0.1, 0.15) is 15.8 Å². The molecule has 0 radical (unpaired) electrons. The highest BCUT2D eigenvalue weighted by Gasteiger charge is 2.06. The Kier molecular flexibility index (Phi) is 4.87. The maximum absolute atomic E-state index is 5.14. The normalized spacial score (nSPS) is 10.9. The van der Waals surface area contributed by atoms with E-state index in [-0.39, 0.29) is 0 Å². The molecule has 2 aromatic rings. The van der Waals surface area contributed by atoms with Gasteiger partial charge in [0.2, 0.25) is 0 Å². The number of rotatable bonds is 6. The number of hydrogen-bond donors (Lipinski definition) is 1. The van der Waals surface area contributed by atoms with Crippen molar-refractivity contribution < 1.29 is 4.74 Å². The monoisotopic (exact) mass is 277 g/mol. The van der Waals surface area contributed by atoms with Crippen LogP contribution in [-0.4, -0.2) is 23.3 Å². The van der Waals surface area contributed by atoms with Crippen molar-refractivity contribution in [1.29, 1.82) is 0 Å². The van der Waals surface area contributed by atoms with Gasteiger partial charge in [-0.3, -0.25) is 0 Å². The fourth-order valence-electron chi connectivity index (χ4n) is 1.64. The molecule has 0 saturated heterocycles. The van der Waals surface area contributed by atoms with Crippen LogP contribution in [0, 0.1) is 0 Å². The number of aromatic nitrogens is 2. The summed E-state index contributed by atoms with van der Waals surface area (Å²) in [5, 5.41) is 13.9. The standard InChI is InChI=1S/C14H19N3OS/c1-10(2)15-9-14-17-16-13(19-14)8-11-4-6-12(18-3)7-5-11/h4-7,10,15H,8-9H2,1-3H3. The lowest BCUT2D eigenvalue weighted by Crippen LogP contribution is -2.21. The fraction of sp³-hybridized carbons (Fsp3) is 0.429. The van der Waals surface area contributed by atoms with Crippen molar-refractivity contribution in [2.45, 2.75) is 32.9 Å². The number of methoxy groups -OCH3 is 1. The van der Waals surface area contributed by atoms with E-state index in [9.17, 15) is 0 Å². The van der Waals surface area contributed by atoms with Crippen molar-refractivity contribution in [3.63, 3.8) is 0 Å². The lowest BCUT2D eigenvalue weighted by molar-refractivity contribution is 0.414. The minimum atomic E-state index is 0.467. The summed E-state index contributed by atoms with van der Waals surface area (Å²) in [6.45, 7) is 5.04. The van der Waals surface area contributed by atoms with Gasteiger partial charge in [0.25, 0.3) is 0 Å². The van der Waals surface area contributed by atoms with Crippen LogP contribution in [0.25, 0.3) is 0 Å². The van der Waals surface area contributed by atoms with E-state index < -0.39 is 0 Å². The first-order valence-corrected chi connectivity index (χ1v) is 7.16. The largest absolute Gasteiger partial charge is 0.497 e. The molecule has 0 spiro atoms. The Labute approximate surface area is 117 Å². The molecule has 0 fully saturated rings. The first-order valence-electron chi connectivity index (χ1n) is 6.35. The second-order valence-electron chi connectivity index (χ2n) is 4.65. The van der Waals surface area contributed by atoms with E-state index >= 15 is 0 Å². The summed E-state index contributed by atoms with van der Waals surface area (Å²) >= 11 is 1.66. The predicted octanol–water partition coefficient (Wildman–Crippen LogP) is 2.64. The van der Waals surface area contributed by atoms with Gasteiger partial charge in [0.15, 0.2) is 0 Å². The van der Waals surface area contributed by atoms with Gasteiger partial charge in [0.05, 0.1) is 7.11 Å². The van der Waals surface area contributed by atoms with Crippen LogP contribution in [0.1, 0.15) is 29.4 Å². The van der Waals surface area contributed by atoms with E-state index in [1.54, 1.807) is 18.4 Å². The van der Waals surface area contributed by atoms with Gasteiger partial charge in [-0.15, -0.1) is 10.2 Å². The van der Waals surface area contributed by atoms with E-state index in [4.69, 9.17) is 4.74 Å². The van der Waals surface area contributed by atoms with Crippen molar-refractivity contribution in [3.05, 3.63) is 39.8 Å². The summed E-state index contributed by atoms with van der Waals surface area (Å²) in [4.78, 5) is 0. The third-order valence-corrected chi connectivity index (χ3v) is 3.61. The Balaban J connectivity index is 1.95. The van der Waals surface area contributed by atoms with Gasteiger partial charge in [-0.25, -0.2) is 0 Å². The maximum atomic E-state index is 5.14. The second kappa shape index (κ2) is 6.63. The van der Waals surface area contributed by atoms with E-state index in [1.807, 2.05) is 12.1 Å². The molecule has 19 heavy (non-hydrogen) atoms. The van der Waals surface area contributed by atoms with E-state index in [1.165, 1.54) is 5.56 Å². The molecule has 1 aromatic carbocycles. The summed E-state index contributed by atoms with van der Waals surface area (Å²) in [5.74, 6) is 0.878. The van der Waals surface area contributed by atoms with Crippen LogP contribution in [0.3, 0.4) is 0 Å². The molecule has 0 bridgehead atoms. The molecule has 0 amide bonds. The van der Waals surface area contributed by atoms with Gasteiger partial charge in [-0.05, 0) is 17.7 Å². The van der Waals surface area contributed by atoms with Crippen LogP contribution < -0.4 is 10.1 Å². The van der Waals surface area contributed by atoms with Crippen molar-refractivity contribution >= 4 is 11.3 Å². The number of nitrogens with one attached hydrogen (secondary N) is 1. The molecule has 1 N–H and O–H groups in total. The summed E-state index contributed by atoms with van der Waals surface area (Å²) in [6.07, 6.45) is 0.823. The van der Waals surface area contributed by atoms with Gasteiger partial charge >= 0.3 is 0 Å². The fourth-order valence-corrected chi connectivity index (χ4v) is 2.47. The Morgan fingerprint density at radius 1 is 1.16 bits per heavy atom. The molecule has 0 aliphatic heterocycles. The van der Waals surface area contributed by atoms with Crippen LogP contribution in [-0.2, 0) is 13.0 Å². The Morgan fingerprint density at radius 2 is 1.84 bits per heavy atom. The summed E-state index contributed by atoms with van der Waals surface area (Å²) < 4.78 is 5.14. The molecule has 0 unspecified atom stereocenters. The van der Waals surface area contributed by atoms with E-state index in [0.717, 1.165) is 28.7 Å². The van der Waals surface area contributed by atoms with Gasteiger partial charge in [-0.2, -0.15) is 0 Å². The average molecular weight is 277 g/mol. The quantitative estimate of drug-likeness (QED) is 0.881. The zero-order valence-electron chi connectivity index (χ0n) is 11.5. The molecule has 0 saturated carbocycles. The topological polar surface area (TPSA) is 47.0 Å². The molecule has 0 atom stereocenters. The maximum Gasteiger partial charge on any atom is 0.131 e. The molecular weight excluding hydrogens is 258 g/mol. The number of ether oxygens (including phenoxy) is 1. The molecule has 5 heteroatoms. The first-order chi connectivity index (χ1) is 9.17. The van der Waals surface area contributed by atoms with Crippen LogP contribution in [0.2, 0.25) is 0 Å². The van der Waals surface area contributed by atoms with Crippen molar-refractivity contribution in [2.24, 2.45) is 0 Å². The predicted molar refractivity (Wildman–Crippen MR) is 77.7 cm³/mol. The van der Waals surface area contributed by atoms with Crippen molar-refractivity contribution in [1.82, 2.24) is 15.5 Å². The van der Waals surface area contributed by atoms with Crippen molar-refractivity contribution in [3.8, 4) is 5.75 Å². The minimum Gasteiger partial charge on any atom is -0.497 e. The molecular formula is C14H19N3OS. The second-order valence-corrected chi connectivity index (χ2v) is 5.80. The lowest BCUT2D eigenvalue weighted by Gasteiger charge is -2.03. The highest BCUT2D eigenvalue weighted by Crippen LogP contribution is 2.17. The van der Waals surface area contributed by atoms with Crippen LogP contribution in [0.4, 0.5) is 0 Å². The number of benzene rings is 1. The average Bonchev–Trinajstić information content (AvgIpc) is 2.85. The van der Waals surface area contributed by atoms with Crippen LogP contribution >= 0.6 is 11.3 Å². The summed E-state index contributed by atoms with van der Waals surface area (Å²) in [7, 11) is 1.67. The highest BCUT2D eigenvalue weighted by atomic mass is 32.1. The smallest absolute Gasteiger partial charge is 0.131 e. The molecule has 4 nitrogen and oxygen atoms in total. The third kappa shape index (κ3) is 4.29. The van der Waals surface area contributed by atoms with E-state index in [0.29, 0.717) is 6.04 Å². The number of hydrogen-bond acceptors (Lipinski definition) is 5. The van der Waals surface area contributed by atoms with Crippen LogP contribution in [0.15, 0.2) is 24.3 Å². The molecule has 2 rings (SSSR count). The molecule has 1 heterocycles. The summed E-state index contributed by atoms with van der Waals surface area (Å²) in [6, 6.07) is 8.53. The third-order valence-electron chi connectivity index (χ3n) is 2.68. The summed E-state index contributed by atoms with van der Waals surface area (Å²) in [5.41, 5.74) is 1.22. The Bertz CT molecular complexity index is 508.